The molecule has 6 heteroatoms. The van der Waals surface area contributed by atoms with E-state index in [1.807, 2.05) is 6.92 Å². The van der Waals surface area contributed by atoms with Crippen LogP contribution in [-0.2, 0) is 10.0 Å². The van der Waals surface area contributed by atoms with Gasteiger partial charge in [0.2, 0.25) is 10.0 Å². The molecule has 1 heterocycles. The van der Waals surface area contributed by atoms with Gasteiger partial charge in [-0.2, -0.15) is 4.31 Å². The number of aromatic nitrogens is 1. The average Bonchev–Trinajstić information content (AvgIpc) is 3.29. The summed E-state index contributed by atoms with van der Waals surface area (Å²) in [6.45, 7) is 2.81. The number of rotatable bonds is 6. The van der Waals surface area contributed by atoms with Crippen LogP contribution in [0.4, 0.5) is 0 Å². The van der Waals surface area contributed by atoms with Gasteiger partial charge < -0.3 is 5.11 Å². The van der Waals surface area contributed by atoms with Gasteiger partial charge in [-0.1, -0.05) is 18.8 Å². The maximum atomic E-state index is 12.7. The monoisotopic (exact) mass is 308 g/mol. The summed E-state index contributed by atoms with van der Waals surface area (Å²) in [6, 6.07) is 1.51. The molecule has 0 radical (unpaired) electrons. The number of sulfonamides is 1. The Bertz CT molecular complexity index is 642. The normalized spacial score (nSPS) is 14.8. The summed E-state index contributed by atoms with van der Waals surface area (Å²) in [5.41, 5.74) is 0.494. The quantitative estimate of drug-likeness (QED) is 0.803. The summed E-state index contributed by atoms with van der Waals surface area (Å²) in [5.74, 6) is 5.68. The molecule has 1 fully saturated rings. The van der Waals surface area contributed by atoms with Crippen LogP contribution < -0.4 is 0 Å². The predicted octanol–water partition coefficient (Wildman–Crippen LogP) is 1.24. The summed E-state index contributed by atoms with van der Waals surface area (Å²) >= 11 is 0. The first kappa shape index (κ1) is 16.0. The zero-order chi connectivity index (χ0) is 15.3. The molecule has 0 atom stereocenters. The van der Waals surface area contributed by atoms with Gasteiger partial charge in [-0.25, -0.2) is 8.42 Å². The van der Waals surface area contributed by atoms with Crippen LogP contribution in [0.25, 0.3) is 0 Å². The molecule has 1 saturated carbocycles. The van der Waals surface area contributed by atoms with Crippen molar-refractivity contribution in [1.82, 2.24) is 9.29 Å². The zero-order valence-electron chi connectivity index (χ0n) is 12.1. The van der Waals surface area contributed by atoms with Gasteiger partial charge in [-0.05, 0) is 31.2 Å². The van der Waals surface area contributed by atoms with Gasteiger partial charge in [0.1, 0.15) is 11.5 Å². The third-order valence-corrected chi connectivity index (χ3v) is 5.12. The molecule has 114 valence electrons. The molecular weight excluding hydrogens is 288 g/mol. The number of aliphatic hydroxyl groups excluding tert-OH is 1. The lowest BCUT2D eigenvalue weighted by Gasteiger charge is -2.21. The predicted molar refractivity (Wildman–Crippen MR) is 80.0 cm³/mol. The molecule has 1 aromatic heterocycles. The highest BCUT2D eigenvalue weighted by Gasteiger charge is 2.31. The number of hydrogen-bond acceptors (Lipinski definition) is 4. The van der Waals surface area contributed by atoms with Crippen LogP contribution in [0, 0.1) is 17.8 Å². The fourth-order valence-corrected chi connectivity index (χ4v) is 3.66. The Morgan fingerprint density at radius 1 is 1.43 bits per heavy atom. The van der Waals surface area contributed by atoms with Gasteiger partial charge in [-0.3, -0.25) is 4.98 Å². The number of hydrogen-bond donors (Lipinski definition) is 1. The standard InChI is InChI=1S/C15H20N2O3S/c1-2-7-17(12-13-5-6-13)21(19,20)15-9-14(4-3-8-18)10-16-11-15/h9-11,13,18H,2,5-8,12H2,1H3. The summed E-state index contributed by atoms with van der Waals surface area (Å²) in [6.07, 6.45) is 5.84. The van der Waals surface area contributed by atoms with E-state index in [1.54, 1.807) is 4.31 Å². The van der Waals surface area contributed by atoms with Gasteiger partial charge in [-0.15, -0.1) is 0 Å². The van der Waals surface area contributed by atoms with Gasteiger partial charge in [0.05, 0.1) is 0 Å². The molecule has 1 aliphatic rings. The van der Waals surface area contributed by atoms with Crippen molar-refractivity contribution in [1.29, 1.82) is 0 Å². The van der Waals surface area contributed by atoms with E-state index in [4.69, 9.17) is 5.11 Å². The van der Waals surface area contributed by atoms with Crippen LogP contribution in [0.15, 0.2) is 23.4 Å². The maximum absolute atomic E-state index is 12.7. The lowest BCUT2D eigenvalue weighted by molar-refractivity contribution is 0.350. The highest BCUT2D eigenvalue weighted by Crippen LogP contribution is 2.31. The molecule has 0 amide bonds. The fourth-order valence-electron chi connectivity index (χ4n) is 2.07. The Hall–Kier alpha value is -1.42. The molecule has 2 rings (SSSR count). The second kappa shape index (κ2) is 7.03. The second-order valence-electron chi connectivity index (χ2n) is 5.18. The summed E-state index contributed by atoms with van der Waals surface area (Å²) in [7, 11) is -3.53. The molecule has 0 bridgehead atoms. The smallest absolute Gasteiger partial charge is 0.244 e. The highest BCUT2D eigenvalue weighted by molar-refractivity contribution is 7.89. The van der Waals surface area contributed by atoms with Crippen molar-refractivity contribution in [2.24, 2.45) is 5.92 Å². The van der Waals surface area contributed by atoms with E-state index < -0.39 is 10.0 Å². The van der Waals surface area contributed by atoms with Crippen LogP contribution in [0.5, 0.6) is 0 Å². The molecule has 1 aliphatic carbocycles. The molecule has 0 aliphatic heterocycles. The fraction of sp³-hybridized carbons (Fsp3) is 0.533. The van der Waals surface area contributed by atoms with Crippen LogP contribution in [0.1, 0.15) is 31.7 Å². The SMILES string of the molecule is CCCN(CC1CC1)S(=O)(=O)c1cncc(C#CCO)c1. The topological polar surface area (TPSA) is 70.5 Å². The maximum Gasteiger partial charge on any atom is 0.244 e. The zero-order valence-corrected chi connectivity index (χ0v) is 12.9. The highest BCUT2D eigenvalue weighted by atomic mass is 32.2. The first-order valence-corrected chi connectivity index (χ1v) is 8.57. The van der Waals surface area contributed by atoms with Crippen molar-refractivity contribution in [2.45, 2.75) is 31.1 Å². The Kier molecular flexibility index (Phi) is 5.34. The molecule has 1 N–H and O–H groups in total. The summed E-state index contributed by atoms with van der Waals surface area (Å²) in [4.78, 5) is 4.12. The van der Waals surface area contributed by atoms with Crippen molar-refractivity contribution in [2.75, 3.05) is 19.7 Å². The summed E-state index contributed by atoms with van der Waals surface area (Å²) in [5, 5.41) is 8.70. The third-order valence-electron chi connectivity index (χ3n) is 3.29. The van der Waals surface area contributed by atoms with Crippen molar-refractivity contribution in [3.63, 3.8) is 0 Å². The molecular formula is C15H20N2O3S. The van der Waals surface area contributed by atoms with Gasteiger partial charge in [0.25, 0.3) is 0 Å². The Labute approximate surface area is 126 Å². The van der Waals surface area contributed by atoms with Crippen molar-refractivity contribution in [3.05, 3.63) is 24.0 Å². The second-order valence-corrected chi connectivity index (χ2v) is 7.11. The van der Waals surface area contributed by atoms with Gasteiger partial charge in [0.15, 0.2) is 0 Å². The Balaban J connectivity index is 2.27. The van der Waals surface area contributed by atoms with Gasteiger partial charge >= 0.3 is 0 Å². The van der Waals surface area contributed by atoms with Crippen LogP contribution >= 0.6 is 0 Å². The Morgan fingerprint density at radius 2 is 2.19 bits per heavy atom. The van der Waals surface area contributed by atoms with Crippen molar-refractivity contribution in [3.8, 4) is 11.8 Å². The van der Waals surface area contributed by atoms with E-state index in [0.717, 1.165) is 19.3 Å². The van der Waals surface area contributed by atoms with Crippen molar-refractivity contribution < 1.29 is 13.5 Å². The number of aliphatic hydroxyl groups is 1. The Morgan fingerprint density at radius 3 is 2.81 bits per heavy atom. The molecule has 0 saturated heterocycles. The minimum atomic E-state index is -3.53. The largest absolute Gasteiger partial charge is 0.384 e. The molecule has 5 nitrogen and oxygen atoms in total. The minimum absolute atomic E-state index is 0.168. The molecule has 21 heavy (non-hydrogen) atoms. The van der Waals surface area contributed by atoms with Gasteiger partial charge in [0, 0.05) is 31.0 Å². The van der Waals surface area contributed by atoms with Crippen LogP contribution in [-0.4, -0.2) is 42.5 Å². The van der Waals surface area contributed by atoms with E-state index in [9.17, 15) is 8.42 Å². The average molecular weight is 308 g/mol. The van der Waals surface area contributed by atoms with E-state index in [0.29, 0.717) is 24.6 Å². The van der Waals surface area contributed by atoms with Crippen LogP contribution in [0.2, 0.25) is 0 Å². The minimum Gasteiger partial charge on any atom is -0.384 e. The molecule has 0 aromatic carbocycles. The van der Waals surface area contributed by atoms with Crippen molar-refractivity contribution >= 4 is 10.0 Å². The van der Waals surface area contributed by atoms with Crippen LogP contribution in [0.3, 0.4) is 0 Å². The van der Waals surface area contributed by atoms with E-state index in [2.05, 4.69) is 16.8 Å². The first-order valence-electron chi connectivity index (χ1n) is 7.13. The number of nitrogens with zero attached hydrogens (tertiary/aromatic N) is 2. The summed E-state index contributed by atoms with van der Waals surface area (Å²) < 4.78 is 26.9. The lowest BCUT2D eigenvalue weighted by Crippen LogP contribution is -2.33. The molecule has 0 unspecified atom stereocenters. The third kappa shape index (κ3) is 4.27. The molecule has 0 spiro atoms. The first-order chi connectivity index (χ1) is 10.1. The van der Waals surface area contributed by atoms with E-state index in [1.165, 1.54) is 18.5 Å². The molecule has 1 aromatic rings. The number of pyridine rings is 1. The van der Waals surface area contributed by atoms with E-state index in [-0.39, 0.29) is 11.5 Å². The lowest BCUT2D eigenvalue weighted by atomic mass is 10.3. The van der Waals surface area contributed by atoms with E-state index >= 15 is 0 Å².